The quantitative estimate of drug-likeness (QED) is 0.0262. The van der Waals surface area contributed by atoms with Crippen molar-refractivity contribution >= 4 is 17.9 Å². The van der Waals surface area contributed by atoms with Gasteiger partial charge in [-0.3, -0.25) is 14.4 Å². The highest BCUT2D eigenvalue weighted by atomic mass is 16.6. The van der Waals surface area contributed by atoms with Crippen molar-refractivity contribution in [2.75, 3.05) is 13.2 Å². The molecule has 0 aliphatic carbocycles. The van der Waals surface area contributed by atoms with Crippen LogP contribution in [0.25, 0.3) is 0 Å². The smallest absolute Gasteiger partial charge is 0.306 e. The van der Waals surface area contributed by atoms with Gasteiger partial charge in [0.2, 0.25) is 0 Å². The molecule has 6 nitrogen and oxygen atoms in total. The van der Waals surface area contributed by atoms with E-state index in [1.54, 1.807) is 0 Å². The minimum absolute atomic E-state index is 0.0691. The predicted molar refractivity (Wildman–Crippen MR) is 284 cm³/mol. The van der Waals surface area contributed by atoms with Gasteiger partial charge in [-0.1, -0.05) is 276 Å². The summed E-state index contributed by atoms with van der Waals surface area (Å²) in [6.07, 6.45) is 64.6. The maximum atomic E-state index is 12.8. The molecule has 0 aliphatic rings. The van der Waals surface area contributed by atoms with Crippen LogP contribution in [0.1, 0.15) is 323 Å². The number of rotatable bonds is 54. The van der Waals surface area contributed by atoms with Crippen LogP contribution >= 0.6 is 0 Å². The summed E-state index contributed by atoms with van der Waals surface area (Å²) in [7, 11) is 0. The van der Waals surface area contributed by atoms with Crippen molar-refractivity contribution in [3.8, 4) is 0 Å². The summed E-state index contributed by atoms with van der Waals surface area (Å²) in [5, 5.41) is 0. The molecule has 0 N–H and O–H groups in total. The predicted octanol–water partition coefficient (Wildman–Crippen LogP) is 19.5. The lowest BCUT2D eigenvalue weighted by Crippen LogP contribution is -2.30. The Morgan fingerprint density at radius 2 is 0.545 bits per heavy atom. The van der Waals surface area contributed by atoms with E-state index in [4.69, 9.17) is 14.2 Å². The summed E-state index contributed by atoms with van der Waals surface area (Å²) >= 11 is 0. The van der Waals surface area contributed by atoms with Gasteiger partial charge in [0.25, 0.3) is 0 Å². The molecule has 0 fully saturated rings. The van der Waals surface area contributed by atoms with E-state index in [2.05, 4.69) is 45.1 Å². The Morgan fingerprint density at radius 3 is 0.864 bits per heavy atom. The number of carbonyl (C=O) groups is 3. The van der Waals surface area contributed by atoms with Crippen LogP contribution in [0.5, 0.6) is 0 Å². The summed E-state index contributed by atoms with van der Waals surface area (Å²) in [6.45, 7) is 6.65. The fourth-order valence-electron chi connectivity index (χ4n) is 8.77. The highest BCUT2D eigenvalue weighted by Crippen LogP contribution is 2.17. The molecule has 0 aromatic rings. The van der Waals surface area contributed by atoms with E-state index in [1.807, 2.05) is 0 Å². The number of hydrogen-bond acceptors (Lipinski definition) is 6. The van der Waals surface area contributed by atoms with E-state index < -0.39 is 6.10 Å². The fraction of sp³-hybridized carbons (Fsp3) is 0.883. The van der Waals surface area contributed by atoms with Gasteiger partial charge in [-0.15, -0.1) is 0 Å². The van der Waals surface area contributed by atoms with Gasteiger partial charge in [0, 0.05) is 19.3 Å². The van der Waals surface area contributed by atoms with Crippen molar-refractivity contribution in [1.82, 2.24) is 0 Å². The molecule has 0 amide bonds. The van der Waals surface area contributed by atoms with Gasteiger partial charge in [0.15, 0.2) is 6.10 Å². The first-order chi connectivity index (χ1) is 32.5. The third-order valence-corrected chi connectivity index (χ3v) is 13.2. The monoisotopic (exact) mass is 929 g/mol. The molecular weight excluding hydrogens is 817 g/mol. The first-order valence-corrected chi connectivity index (χ1v) is 29.3. The van der Waals surface area contributed by atoms with Gasteiger partial charge in [-0.25, -0.2) is 0 Å². The van der Waals surface area contributed by atoms with Gasteiger partial charge in [-0.05, 0) is 51.4 Å². The normalized spacial score (nSPS) is 12.1. The molecule has 66 heavy (non-hydrogen) atoms. The zero-order valence-electron chi connectivity index (χ0n) is 44.5. The highest BCUT2D eigenvalue weighted by molar-refractivity contribution is 5.71. The SMILES string of the molecule is CCCCC/C=C\C/C=C\CCCCCCCCCC(=O)OC(COC(=O)CCCCCCCCCCCC)COC(=O)CCCCCCCCCCCCCCCCCCCCCCC. The van der Waals surface area contributed by atoms with Gasteiger partial charge >= 0.3 is 17.9 Å². The van der Waals surface area contributed by atoms with E-state index in [-0.39, 0.29) is 31.1 Å². The average Bonchev–Trinajstić information content (AvgIpc) is 3.31. The van der Waals surface area contributed by atoms with Gasteiger partial charge in [0.1, 0.15) is 13.2 Å². The molecule has 6 heteroatoms. The first-order valence-electron chi connectivity index (χ1n) is 29.3. The Labute approximate surface area is 411 Å². The Morgan fingerprint density at radius 1 is 0.303 bits per heavy atom. The van der Waals surface area contributed by atoms with Crippen molar-refractivity contribution < 1.29 is 28.6 Å². The van der Waals surface area contributed by atoms with E-state index >= 15 is 0 Å². The summed E-state index contributed by atoms with van der Waals surface area (Å²) < 4.78 is 16.9. The summed E-state index contributed by atoms with van der Waals surface area (Å²) in [4.78, 5) is 38.1. The van der Waals surface area contributed by atoms with E-state index in [0.29, 0.717) is 19.3 Å². The molecule has 388 valence electrons. The van der Waals surface area contributed by atoms with Crippen molar-refractivity contribution in [2.24, 2.45) is 0 Å². The van der Waals surface area contributed by atoms with E-state index in [9.17, 15) is 14.4 Å². The largest absolute Gasteiger partial charge is 0.462 e. The minimum atomic E-state index is -0.770. The standard InChI is InChI=1S/C60H112O6/c1-4-7-10-13-16-19-22-24-26-28-29-30-31-33-34-36-38-41-44-47-50-53-59(62)65-56-57(55-64-58(61)52-49-46-43-40-21-18-15-12-9-6-3)66-60(63)54-51-48-45-42-39-37-35-32-27-25-23-20-17-14-11-8-5-2/h17,20,25,27,57H,4-16,18-19,21-24,26,28-56H2,1-3H3/b20-17-,27-25-. The van der Waals surface area contributed by atoms with Crippen molar-refractivity contribution in [3.63, 3.8) is 0 Å². The molecular formula is C60H112O6. The molecule has 0 bridgehead atoms. The number of carbonyl (C=O) groups excluding carboxylic acids is 3. The van der Waals surface area contributed by atoms with Crippen LogP contribution in [0.3, 0.4) is 0 Å². The highest BCUT2D eigenvalue weighted by Gasteiger charge is 2.19. The molecule has 0 spiro atoms. The lowest BCUT2D eigenvalue weighted by Gasteiger charge is -2.18. The van der Waals surface area contributed by atoms with Crippen molar-refractivity contribution in [1.29, 1.82) is 0 Å². The van der Waals surface area contributed by atoms with Crippen LogP contribution in [-0.4, -0.2) is 37.2 Å². The van der Waals surface area contributed by atoms with Crippen LogP contribution < -0.4 is 0 Å². The Balaban J connectivity index is 4.24. The lowest BCUT2D eigenvalue weighted by atomic mass is 10.0. The van der Waals surface area contributed by atoms with Crippen LogP contribution in [0.2, 0.25) is 0 Å². The second-order valence-corrected chi connectivity index (χ2v) is 19.9. The Bertz CT molecular complexity index is 1070. The lowest BCUT2D eigenvalue weighted by molar-refractivity contribution is -0.167. The number of unbranched alkanes of at least 4 members (excludes halogenated alkanes) is 39. The number of allylic oxidation sites excluding steroid dienone is 4. The maximum Gasteiger partial charge on any atom is 0.306 e. The fourth-order valence-corrected chi connectivity index (χ4v) is 8.77. The Hall–Kier alpha value is -2.11. The molecule has 0 saturated heterocycles. The zero-order valence-corrected chi connectivity index (χ0v) is 44.5. The molecule has 0 aromatic heterocycles. The molecule has 1 atom stereocenters. The van der Waals surface area contributed by atoms with Crippen LogP contribution in [-0.2, 0) is 28.6 Å². The second-order valence-electron chi connectivity index (χ2n) is 19.9. The summed E-state index contributed by atoms with van der Waals surface area (Å²) in [5.41, 5.74) is 0. The van der Waals surface area contributed by atoms with Crippen LogP contribution in [0.15, 0.2) is 24.3 Å². The number of ether oxygens (including phenoxy) is 3. The van der Waals surface area contributed by atoms with Gasteiger partial charge in [0.05, 0.1) is 0 Å². The number of esters is 3. The van der Waals surface area contributed by atoms with Crippen LogP contribution in [0.4, 0.5) is 0 Å². The molecule has 0 saturated carbocycles. The molecule has 0 aliphatic heterocycles. The summed E-state index contributed by atoms with van der Waals surface area (Å²) in [6, 6.07) is 0. The van der Waals surface area contributed by atoms with Crippen molar-refractivity contribution in [3.05, 3.63) is 24.3 Å². The average molecular weight is 930 g/mol. The van der Waals surface area contributed by atoms with E-state index in [0.717, 1.165) is 70.6 Å². The van der Waals surface area contributed by atoms with Gasteiger partial charge in [-0.2, -0.15) is 0 Å². The van der Waals surface area contributed by atoms with E-state index in [1.165, 1.54) is 212 Å². The third kappa shape index (κ3) is 52.9. The Kier molecular flexibility index (Phi) is 53.7. The number of hydrogen-bond donors (Lipinski definition) is 0. The first kappa shape index (κ1) is 63.9. The molecule has 0 heterocycles. The maximum absolute atomic E-state index is 12.8. The van der Waals surface area contributed by atoms with Gasteiger partial charge < -0.3 is 14.2 Å². The van der Waals surface area contributed by atoms with Crippen LogP contribution in [0, 0.1) is 0 Å². The molecule has 1 unspecified atom stereocenters. The third-order valence-electron chi connectivity index (χ3n) is 13.2. The van der Waals surface area contributed by atoms with Crippen molar-refractivity contribution in [2.45, 2.75) is 329 Å². The molecule has 0 rings (SSSR count). The summed E-state index contributed by atoms with van der Waals surface area (Å²) in [5.74, 6) is -0.858. The topological polar surface area (TPSA) is 78.9 Å². The second kappa shape index (κ2) is 55.5. The minimum Gasteiger partial charge on any atom is -0.462 e. The molecule has 0 radical (unpaired) electrons. The zero-order chi connectivity index (χ0) is 47.9. The molecule has 0 aromatic carbocycles.